The number of aliphatic hydroxyl groups excluding tert-OH is 1. The normalized spacial score (nSPS) is 17.9. The van der Waals surface area contributed by atoms with Crippen LogP contribution in [-0.4, -0.2) is 16.8 Å². The van der Waals surface area contributed by atoms with Crippen LogP contribution in [0.25, 0.3) is 16.5 Å². The van der Waals surface area contributed by atoms with Crippen LogP contribution in [0.1, 0.15) is 16.5 Å². The van der Waals surface area contributed by atoms with Gasteiger partial charge < -0.3 is 5.11 Å². The molecule has 1 aliphatic heterocycles. The van der Waals surface area contributed by atoms with Gasteiger partial charge in [0.2, 0.25) is 0 Å². The predicted molar refractivity (Wildman–Crippen MR) is 119 cm³/mol. The van der Waals surface area contributed by atoms with Crippen LogP contribution in [0, 0.1) is 11.6 Å². The molecule has 5 rings (SSSR count). The van der Waals surface area contributed by atoms with Crippen molar-refractivity contribution < 1.29 is 23.5 Å². The van der Waals surface area contributed by atoms with E-state index in [2.05, 4.69) is 0 Å². The zero-order valence-corrected chi connectivity index (χ0v) is 17.3. The number of amides is 1. The lowest BCUT2D eigenvalue weighted by Crippen LogP contribution is -2.30. The van der Waals surface area contributed by atoms with Gasteiger partial charge in [-0.1, -0.05) is 42.5 Å². The third-order valence-corrected chi connectivity index (χ3v) is 6.37. The molecule has 158 valence electrons. The molecule has 1 N–H and O–H groups in total. The van der Waals surface area contributed by atoms with Crippen LogP contribution >= 0.6 is 11.3 Å². The number of benzene rings is 3. The Balaban J connectivity index is 1.72. The largest absolute Gasteiger partial charge is 0.507 e. The second-order valence-corrected chi connectivity index (χ2v) is 8.32. The molecule has 0 saturated carbocycles. The standard InChI is InChI=1S/C25H15F2NO3S/c26-17-9-10-19(18(27)13-17)28-22(20-6-3-11-32-20)21(24(30)25(28)31)23(29)16-8-7-14-4-1-2-5-15(14)12-16/h1-13,22,29H/b23-21-. The molecule has 1 aliphatic rings. The summed E-state index contributed by atoms with van der Waals surface area (Å²) in [5.41, 5.74) is -0.0104. The van der Waals surface area contributed by atoms with Crippen LogP contribution in [0.5, 0.6) is 0 Å². The highest BCUT2D eigenvalue weighted by Crippen LogP contribution is 2.44. The fourth-order valence-corrected chi connectivity index (χ4v) is 4.79. The van der Waals surface area contributed by atoms with Gasteiger partial charge >= 0.3 is 0 Å². The van der Waals surface area contributed by atoms with Gasteiger partial charge in [0, 0.05) is 16.5 Å². The van der Waals surface area contributed by atoms with E-state index in [0.29, 0.717) is 16.5 Å². The summed E-state index contributed by atoms with van der Waals surface area (Å²) in [4.78, 5) is 27.6. The fourth-order valence-electron chi connectivity index (χ4n) is 3.97. The topological polar surface area (TPSA) is 57.6 Å². The second-order valence-electron chi connectivity index (χ2n) is 7.34. The molecule has 1 atom stereocenters. The Labute approximate surface area is 185 Å². The van der Waals surface area contributed by atoms with E-state index in [0.717, 1.165) is 27.8 Å². The van der Waals surface area contributed by atoms with E-state index in [-0.39, 0.29) is 17.0 Å². The van der Waals surface area contributed by atoms with Crippen molar-refractivity contribution in [3.8, 4) is 0 Å². The number of thiophene rings is 1. The summed E-state index contributed by atoms with van der Waals surface area (Å²) in [6, 6.07) is 17.9. The van der Waals surface area contributed by atoms with Crippen LogP contribution in [0.3, 0.4) is 0 Å². The highest BCUT2D eigenvalue weighted by atomic mass is 32.1. The summed E-state index contributed by atoms with van der Waals surface area (Å²) in [6.07, 6.45) is 0. The summed E-state index contributed by atoms with van der Waals surface area (Å²) in [5.74, 6) is -4.04. The molecule has 1 aromatic heterocycles. The Kier molecular flexibility index (Phi) is 4.83. The molecule has 1 fully saturated rings. The number of ketones is 1. The van der Waals surface area contributed by atoms with E-state index in [1.54, 1.807) is 35.7 Å². The summed E-state index contributed by atoms with van der Waals surface area (Å²) < 4.78 is 28.1. The number of hydrogen-bond acceptors (Lipinski definition) is 4. The quantitative estimate of drug-likeness (QED) is 0.245. The monoisotopic (exact) mass is 447 g/mol. The van der Waals surface area contributed by atoms with Crippen LogP contribution in [0.4, 0.5) is 14.5 Å². The number of hydrogen-bond donors (Lipinski definition) is 1. The minimum absolute atomic E-state index is 0.142. The van der Waals surface area contributed by atoms with Crippen molar-refractivity contribution >= 4 is 45.2 Å². The van der Waals surface area contributed by atoms with Gasteiger partial charge in [-0.15, -0.1) is 11.3 Å². The molecule has 2 heterocycles. The minimum Gasteiger partial charge on any atom is -0.507 e. The van der Waals surface area contributed by atoms with Gasteiger partial charge in [-0.2, -0.15) is 0 Å². The number of carbonyl (C=O) groups is 2. The van der Waals surface area contributed by atoms with Gasteiger partial charge in [-0.05, 0) is 40.4 Å². The van der Waals surface area contributed by atoms with Crippen LogP contribution in [0.2, 0.25) is 0 Å². The maximum absolute atomic E-state index is 14.6. The zero-order chi connectivity index (χ0) is 22.4. The Morgan fingerprint density at radius 3 is 2.41 bits per heavy atom. The van der Waals surface area contributed by atoms with E-state index in [1.165, 1.54) is 11.3 Å². The summed E-state index contributed by atoms with van der Waals surface area (Å²) in [6.45, 7) is 0. The third-order valence-electron chi connectivity index (χ3n) is 5.45. The number of fused-ring (bicyclic) bond motifs is 1. The Morgan fingerprint density at radius 2 is 1.69 bits per heavy atom. The minimum atomic E-state index is -1.04. The zero-order valence-electron chi connectivity index (χ0n) is 16.5. The van der Waals surface area contributed by atoms with Gasteiger partial charge in [-0.25, -0.2) is 8.78 Å². The third kappa shape index (κ3) is 3.18. The molecule has 1 saturated heterocycles. The van der Waals surface area contributed by atoms with Gasteiger partial charge in [0.25, 0.3) is 11.7 Å². The van der Waals surface area contributed by atoms with E-state index < -0.39 is 29.4 Å². The van der Waals surface area contributed by atoms with Crippen molar-refractivity contribution in [1.82, 2.24) is 0 Å². The van der Waals surface area contributed by atoms with E-state index in [4.69, 9.17) is 0 Å². The maximum Gasteiger partial charge on any atom is 0.300 e. The van der Waals surface area contributed by atoms with Gasteiger partial charge in [0.05, 0.1) is 11.3 Å². The number of carbonyl (C=O) groups excluding carboxylic acids is 2. The SMILES string of the molecule is O=C1C(=O)N(c2ccc(F)cc2F)C(c2cccs2)/C1=C(/O)c1ccc2ccccc2c1. The highest BCUT2D eigenvalue weighted by molar-refractivity contribution is 7.10. The Bertz CT molecular complexity index is 1410. The summed E-state index contributed by atoms with van der Waals surface area (Å²) in [5, 5.41) is 14.7. The first kappa shape index (κ1) is 20.1. The summed E-state index contributed by atoms with van der Waals surface area (Å²) >= 11 is 1.26. The van der Waals surface area contributed by atoms with Gasteiger partial charge in [-0.3, -0.25) is 14.5 Å². The fraction of sp³-hybridized carbons (Fsp3) is 0.0400. The number of aliphatic hydroxyl groups is 1. The highest BCUT2D eigenvalue weighted by Gasteiger charge is 2.48. The molecule has 0 spiro atoms. The van der Waals surface area contributed by atoms with Crippen LogP contribution in [-0.2, 0) is 9.59 Å². The lowest BCUT2D eigenvalue weighted by atomic mass is 9.98. The van der Waals surface area contributed by atoms with E-state index in [1.807, 2.05) is 24.3 Å². The molecule has 0 bridgehead atoms. The molecule has 3 aromatic carbocycles. The maximum atomic E-state index is 14.6. The molecule has 0 aliphatic carbocycles. The Hall–Kier alpha value is -3.84. The van der Waals surface area contributed by atoms with Crippen molar-refractivity contribution in [1.29, 1.82) is 0 Å². The molecular formula is C25H15F2NO3S. The molecule has 1 unspecified atom stereocenters. The van der Waals surface area contributed by atoms with Crippen LogP contribution in [0.15, 0.2) is 83.7 Å². The second kappa shape index (κ2) is 7.69. The van der Waals surface area contributed by atoms with Crippen molar-refractivity contribution in [3.63, 3.8) is 0 Å². The lowest BCUT2D eigenvalue weighted by Gasteiger charge is -2.24. The lowest BCUT2D eigenvalue weighted by molar-refractivity contribution is -0.132. The first-order valence-corrected chi connectivity index (χ1v) is 10.6. The van der Waals surface area contributed by atoms with Gasteiger partial charge in [0.15, 0.2) is 0 Å². The summed E-state index contributed by atoms with van der Waals surface area (Å²) in [7, 11) is 0. The molecule has 1 amide bonds. The van der Waals surface area contributed by atoms with Crippen LogP contribution < -0.4 is 4.90 Å². The van der Waals surface area contributed by atoms with Crippen molar-refractivity contribution in [3.05, 3.63) is 106 Å². The van der Waals surface area contributed by atoms with E-state index in [9.17, 15) is 23.5 Å². The first-order valence-electron chi connectivity index (χ1n) is 9.74. The molecule has 7 heteroatoms. The average molecular weight is 447 g/mol. The molecule has 32 heavy (non-hydrogen) atoms. The smallest absolute Gasteiger partial charge is 0.300 e. The van der Waals surface area contributed by atoms with Crippen molar-refractivity contribution in [2.75, 3.05) is 4.90 Å². The Morgan fingerprint density at radius 1 is 0.906 bits per heavy atom. The van der Waals surface area contributed by atoms with E-state index >= 15 is 0 Å². The number of halogens is 2. The molecule has 4 aromatic rings. The number of rotatable bonds is 3. The molecule has 4 nitrogen and oxygen atoms in total. The van der Waals surface area contributed by atoms with Crippen molar-refractivity contribution in [2.24, 2.45) is 0 Å². The average Bonchev–Trinajstić information content (AvgIpc) is 3.40. The number of nitrogens with zero attached hydrogens (tertiary/aromatic N) is 1. The predicted octanol–water partition coefficient (Wildman–Crippen LogP) is 5.81. The van der Waals surface area contributed by atoms with Crippen molar-refractivity contribution in [2.45, 2.75) is 6.04 Å². The molecular weight excluding hydrogens is 432 g/mol. The van der Waals surface area contributed by atoms with Gasteiger partial charge in [0.1, 0.15) is 23.4 Å². The number of anilines is 1. The number of Topliss-reactive ketones (excluding diaryl/α,β-unsaturated/α-hetero) is 1. The first-order chi connectivity index (χ1) is 15.5. The molecule has 0 radical (unpaired) electrons.